The second-order valence-electron chi connectivity index (χ2n) is 4.84. The van der Waals surface area contributed by atoms with Gasteiger partial charge in [-0.1, -0.05) is 5.16 Å². The minimum absolute atomic E-state index is 0.0827. The van der Waals surface area contributed by atoms with E-state index in [4.69, 9.17) is 4.52 Å². The Kier molecular flexibility index (Phi) is 3.06. The molecule has 0 radical (unpaired) electrons. The second kappa shape index (κ2) is 4.87. The molecule has 100 valence electrons. The van der Waals surface area contributed by atoms with E-state index in [9.17, 15) is 4.79 Å². The number of aryl methyl sites for hydroxylation is 1. The van der Waals surface area contributed by atoms with E-state index < -0.39 is 0 Å². The van der Waals surface area contributed by atoms with Gasteiger partial charge in [-0.25, -0.2) is 0 Å². The highest BCUT2D eigenvalue weighted by Gasteiger charge is 2.28. The molecule has 19 heavy (non-hydrogen) atoms. The van der Waals surface area contributed by atoms with Crippen LogP contribution in [0.2, 0.25) is 0 Å². The Hall–Kier alpha value is -2.11. The molecule has 2 aromatic rings. The van der Waals surface area contributed by atoms with Crippen molar-refractivity contribution in [1.82, 2.24) is 20.4 Å². The van der Waals surface area contributed by atoms with Gasteiger partial charge in [0.15, 0.2) is 5.82 Å². The second-order valence-corrected chi connectivity index (χ2v) is 4.84. The van der Waals surface area contributed by atoms with Crippen LogP contribution in [0.25, 0.3) is 0 Å². The lowest BCUT2D eigenvalue weighted by Crippen LogP contribution is -2.26. The van der Waals surface area contributed by atoms with E-state index in [1.165, 1.54) is 0 Å². The molecule has 1 saturated carbocycles. The van der Waals surface area contributed by atoms with E-state index in [0.717, 1.165) is 24.4 Å². The van der Waals surface area contributed by atoms with Crippen molar-refractivity contribution in [2.75, 3.05) is 6.54 Å². The molecule has 0 saturated heterocycles. The molecule has 0 spiro atoms. The zero-order valence-electron chi connectivity index (χ0n) is 10.8. The van der Waals surface area contributed by atoms with Crippen LogP contribution < -0.4 is 5.32 Å². The van der Waals surface area contributed by atoms with Crippen LogP contribution in [0.5, 0.6) is 0 Å². The van der Waals surface area contributed by atoms with Crippen molar-refractivity contribution in [2.24, 2.45) is 0 Å². The predicted octanol–water partition coefficient (Wildman–Crippen LogP) is 1.56. The van der Waals surface area contributed by atoms with Crippen molar-refractivity contribution in [3.8, 4) is 0 Å². The summed E-state index contributed by atoms with van der Waals surface area (Å²) in [5.41, 5.74) is 1.54. The molecular weight excluding hydrogens is 244 g/mol. The summed E-state index contributed by atoms with van der Waals surface area (Å²) in [7, 11) is 0. The van der Waals surface area contributed by atoms with Gasteiger partial charge in [0.2, 0.25) is 5.89 Å². The Labute approximate surface area is 110 Å². The summed E-state index contributed by atoms with van der Waals surface area (Å²) in [6, 6.07) is 1.77. The fourth-order valence-corrected chi connectivity index (χ4v) is 1.95. The summed E-state index contributed by atoms with van der Waals surface area (Å²) < 4.78 is 5.14. The maximum absolute atomic E-state index is 11.8. The average Bonchev–Trinajstić information content (AvgIpc) is 2.99. The number of H-pyrrole nitrogens is 1. The molecule has 0 aliphatic heterocycles. The standard InChI is InChI=1S/C13H16N4O2/c1-8-10(4-6-14-8)13(18)15-7-5-11-16-12(17-19-11)9-2-3-9/h4,6,9,14H,2-3,5,7H2,1H3,(H,15,18). The van der Waals surface area contributed by atoms with Gasteiger partial charge < -0.3 is 14.8 Å². The summed E-state index contributed by atoms with van der Waals surface area (Å²) in [5, 5.41) is 6.78. The molecule has 1 fully saturated rings. The van der Waals surface area contributed by atoms with E-state index >= 15 is 0 Å². The minimum atomic E-state index is -0.0827. The van der Waals surface area contributed by atoms with Crippen molar-refractivity contribution < 1.29 is 9.32 Å². The van der Waals surface area contributed by atoms with Crippen LogP contribution >= 0.6 is 0 Å². The molecule has 1 aliphatic rings. The van der Waals surface area contributed by atoms with E-state index in [1.54, 1.807) is 12.3 Å². The first-order valence-corrected chi connectivity index (χ1v) is 6.48. The summed E-state index contributed by atoms with van der Waals surface area (Å²) >= 11 is 0. The molecule has 2 aromatic heterocycles. The topological polar surface area (TPSA) is 83.8 Å². The number of hydrogen-bond donors (Lipinski definition) is 2. The lowest BCUT2D eigenvalue weighted by molar-refractivity contribution is 0.0953. The first kappa shape index (κ1) is 12.0. The maximum atomic E-state index is 11.8. The fourth-order valence-electron chi connectivity index (χ4n) is 1.95. The monoisotopic (exact) mass is 260 g/mol. The molecule has 1 aliphatic carbocycles. The third-order valence-corrected chi connectivity index (χ3v) is 3.25. The number of carbonyl (C=O) groups is 1. The third kappa shape index (κ3) is 2.67. The molecule has 3 rings (SSSR count). The van der Waals surface area contributed by atoms with Gasteiger partial charge in [0.05, 0.1) is 5.56 Å². The quantitative estimate of drug-likeness (QED) is 0.854. The summed E-state index contributed by atoms with van der Waals surface area (Å²) in [5.74, 6) is 1.81. The Morgan fingerprint density at radius 3 is 3.11 bits per heavy atom. The molecule has 0 aromatic carbocycles. The van der Waals surface area contributed by atoms with Crippen LogP contribution in [-0.2, 0) is 6.42 Å². The minimum Gasteiger partial charge on any atom is -0.365 e. The van der Waals surface area contributed by atoms with Gasteiger partial charge in [-0.3, -0.25) is 4.79 Å². The van der Waals surface area contributed by atoms with Gasteiger partial charge in [0, 0.05) is 30.8 Å². The van der Waals surface area contributed by atoms with E-state index in [-0.39, 0.29) is 5.91 Å². The van der Waals surface area contributed by atoms with Crippen molar-refractivity contribution in [1.29, 1.82) is 0 Å². The Balaban J connectivity index is 1.49. The highest BCUT2D eigenvalue weighted by Crippen LogP contribution is 2.38. The molecule has 1 amide bonds. The summed E-state index contributed by atoms with van der Waals surface area (Å²) in [6.07, 6.45) is 4.63. The van der Waals surface area contributed by atoms with Crippen LogP contribution in [0, 0.1) is 6.92 Å². The highest BCUT2D eigenvalue weighted by molar-refractivity contribution is 5.95. The van der Waals surface area contributed by atoms with Gasteiger partial charge in [-0.15, -0.1) is 0 Å². The van der Waals surface area contributed by atoms with Gasteiger partial charge in [0.25, 0.3) is 5.91 Å². The van der Waals surface area contributed by atoms with Gasteiger partial charge in [-0.2, -0.15) is 4.98 Å². The molecule has 2 heterocycles. The molecule has 0 unspecified atom stereocenters. The molecular formula is C13H16N4O2. The van der Waals surface area contributed by atoms with Gasteiger partial charge >= 0.3 is 0 Å². The average molecular weight is 260 g/mol. The summed E-state index contributed by atoms with van der Waals surface area (Å²) in [4.78, 5) is 19.1. The maximum Gasteiger partial charge on any atom is 0.253 e. The Morgan fingerprint density at radius 2 is 2.42 bits per heavy atom. The first-order valence-electron chi connectivity index (χ1n) is 6.48. The van der Waals surface area contributed by atoms with Crippen LogP contribution in [0.3, 0.4) is 0 Å². The predicted molar refractivity (Wildman–Crippen MR) is 67.8 cm³/mol. The van der Waals surface area contributed by atoms with Crippen molar-refractivity contribution >= 4 is 5.91 Å². The number of aromatic nitrogens is 3. The van der Waals surface area contributed by atoms with Crippen molar-refractivity contribution in [2.45, 2.75) is 32.1 Å². The first-order chi connectivity index (χ1) is 9.24. The number of amides is 1. The number of nitrogens with zero attached hydrogens (tertiary/aromatic N) is 2. The van der Waals surface area contributed by atoms with Crippen LogP contribution in [0.1, 0.15) is 46.5 Å². The van der Waals surface area contributed by atoms with E-state index in [0.29, 0.717) is 30.3 Å². The molecule has 6 heteroatoms. The molecule has 6 nitrogen and oxygen atoms in total. The molecule has 0 atom stereocenters. The van der Waals surface area contributed by atoms with E-state index in [2.05, 4.69) is 20.4 Å². The fraction of sp³-hybridized carbons (Fsp3) is 0.462. The number of carbonyl (C=O) groups excluding carboxylic acids is 1. The third-order valence-electron chi connectivity index (χ3n) is 3.25. The zero-order valence-corrected chi connectivity index (χ0v) is 10.8. The number of aromatic amines is 1. The number of nitrogens with one attached hydrogen (secondary N) is 2. The molecule has 0 bridgehead atoms. The van der Waals surface area contributed by atoms with Crippen molar-refractivity contribution in [3.05, 3.63) is 35.2 Å². The van der Waals surface area contributed by atoms with E-state index in [1.807, 2.05) is 6.92 Å². The van der Waals surface area contributed by atoms with Gasteiger partial charge in [0.1, 0.15) is 0 Å². The number of hydrogen-bond acceptors (Lipinski definition) is 4. The largest absolute Gasteiger partial charge is 0.365 e. The molecule has 2 N–H and O–H groups in total. The summed E-state index contributed by atoms with van der Waals surface area (Å²) in [6.45, 7) is 2.37. The van der Waals surface area contributed by atoms with Gasteiger partial charge in [-0.05, 0) is 25.8 Å². The Morgan fingerprint density at radius 1 is 1.58 bits per heavy atom. The SMILES string of the molecule is Cc1[nH]ccc1C(=O)NCCc1nc(C2CC2)no1. The number of rotatable bonds is 5. The zero-order chi connectivity index (χ0) is 13.2. The van der Waals surface area contributed by atoms with Crippen LogP contribution in [-0.4, -0.2) is 27.6 Å². The van der Waals surface area contributed by atoms with Crippen LogP contribution in [0.15, 0.2) is 16.8 Å². The lowest BCUT2D eigenvalue weighted by Gasteiger charge is -2.02. The highest BCUT2D eigenvalue weighted by atomic mass is 16.5. The lowest BCUT2D eigenvalue weighted by atomic mass is 10.2. The van der Waals surface area contributed by atoms with Crippen LogP contribution in [0.4, 0.5) is 0 Å². The normalized spacial score (nSPS) is 14.6. The van der Waals surface area contributed by atoms with Crippen molar-refractivity contribution in [3.63, 3.8) is 0 Å². The smallest absolute Gasteiger partial charge is 0.253 e. The Bertz CT molecular complexity index is 583.